The fourth-order valence-corrected chi connectivity index (χ4v) is 2.43. The number of aromatic nitrogens is 2. The van der Waals surface area contributed by atoms with E-state index in [0.29, 0.717) is 5.02 Å². The molecule has 0 amide bonds. The van der Waals surface area contributed by atoms with E-state index in [1.807, 2.05) is 60.3 Å². The number of para-hydroxylation sites is 1. The van der Waals surface area contributed by atoms with Crippen LogP contribution in [0, 0.1) is 0 Å². The van der Waals surface area contributed by atoms with Gasteiger partial charge >= 0.3 is 0 Å². The summed E-state index contributed by atoms with van der Waals surface area (Å²) in [5, 5.41) is 6.35. The molecule has 0 saturated carbocycles. The number of benzene rings is 2. The first-order valence-electron chi connectivity index (χ1n) is 6.09. The van der Waals surface area contributed by atoms with Crippen LogP contribution in [0.3, 0.4) is 0 Å². The van der Waals surface area contributed by atoms with E-state index < -0.39 is 0 Å². The van der Waals surface area contributed by atoms with Crippen LogP contribution in [-0.4, -0.2) is 9.78 Å². The summed E-state index contributed by atoms with van der Waals surface area (Å²) in [5.74, 6) is 0. The number of nitrogens with two attached hydrogens (primary N) is 1. The molecule has 1 atom stereocenters. The Morgan fingerprint density at radius 1 is 1.11 bits per heavy atom. The molecule has 0 bridgehead atoms. The topological polar surface area (TPSA) is 43.8 Å². The summed E-state index contributed by atoms with van der Waals surface area (Å²) in [5.41, 5.74) is 9.31. The van der Waals surface area contributed by atoms with Crippen LogP contribution in [-0.2, 0) is 7.05 Å². The highest BCUT2D eigenvalue weighted by Gasteiger charge is 2.16. The summed E-state index contributed by atoms with van der Waals surface area (Å²) < 4.78 is 1.86. The van der Waals surface area contributed by atoms with E-state index in [1.165, 1.54) is 0 Å². The zero-order valence-corrected chi connectivity index (χ0v) is 11.3. The Morgan fingerprint density at radius 3 is 2.53 bits per heavy atom. The van der Waals surface area contributed by atoms with Crippen LogP contribution in [0.5, 0.6) is 0 Å². The van der Waals surface area contributed by atoms with Gasteiger partial charge in [0.2, 0.25) is 0 Å². The van der Waals surface area contributed by atoms with Gasteiger partial charge in [0.25, 0.3) is 0 Å². The monoisotopic (exact) mass is 271 g/mol. The Kier molecular flexibility index (Phi) is 3.01. The van der Waals surface area contributed by atoms with Gasteiger partial charge in [0.15, 0.2) is 0 Å². The fraction of sp³-hybridized carbons (Fsp3) is 0.133. The van der Waals surface area contributed by atoms with Crippen molar-refractivity contribution in [1.82, 2.24) is 9.78 Å². The minimum absolute atomic E-state index is 0.247. The van der Waals surface area contributed by atoms with Gasteiger partial charge in [-0.3, -0.25) is 4.68 Å². The van der Waals surface area contributed by atoms with Gasteiger partial charge in [-0.25, -0.2) is 0 Å². The molecule has 4 heteroatoms. The van der Waals surface area contributed by atoms with E-state index in [9.17, 15) is 0 Å². The van der Waals surface area contributed by atoms with E-state index in [4.69, 9.17) is 17.3 Å². The molecule has 96 valence electrons. The zero-order valence-electron chi connectivity index (χ0n) is 10.5. The Hall–Kier alpha value is -1.84. The summed E-state index contributed by atoms with van der Waals surface area (Å²) in [6.45, 7) is 0. The van der Waals surface area contributed by atoms with Crippen LogP contribution in [0.1, 0.15) is 17.3 Å². The summed E-state index contributed by atoms with van der Waals surface area (Å²) in [6.07, 6.45) is 0. The molecule has 3 aromatic rings. The van der Waals surface area contributed by atoms with E-state index >= 15 is 0 Å². The second-order valence-corrected chi connectivity index (χ2v) is 4.99. The van der Waals surface area contributed by atoms with E-state index in [2.05, 4.69) is 5.10 Å². The Labute approximate surface area is 116 Å². The highest BCUT2D eigenvalue weighted by molar-refractivity contribution is 6.30. The molecular formula is C15H14ClN3. The lowest BCUT2D eigenvalue weighted by Crippen LogP contribution is -2.13. The van der Waals surface area contributed by atoms with Gasteiger partial charge in [-0.15, -0.1) is 0 Å². The van der Waals surface area contributed by atoms with Crippen molar-refractivity contribution in [3.05, 3.63) is 64.8 Å². The van der Waals surface area contributed by atoms with E-state index in [1.54, 1.807) is 0 Å². The van der Waals surface area contributed by atoms with Crippen molar-refractivity contribution >= 4 is 22.5 Å². The molecule has 3 rings (SSSR count). The Bertz CT molecular complexity index is 716. The van der Waals surface area contributed by atoms with Crippen molar-refractivity contribution in [2.45, 2.75) is 6.04 Å². The minimum atomic E-state index is -0.247. The number of hydrogen-bond donors (Lipinski definition) is 1. The number of hydrogen-bond acceptors (Lipinski definition) is 2. The summed E-state index contributed by atoms with van der Waals surface area (Å²) in [4.78, 5) is 0. The minimum Gasteiger partial charge on any atom is -0.319 e. The van der Waals surface area contributed by atoms with Gasteiger partial charge in [-0.05, 0) is 23.8 Å². The number of rotatable bonds is 2. The molecule has 3 nitrogen and oxygen atoms in total. The molecule has 0 aliphatic carbocycles. The zero-order chi connectivity index (χ0) is 13.4. The molecule has 19 heavy (non-hydrogen) atoms. The molecule has 1 heterocycles. The second-order valence-electron chi connectivity index (χ2n) is 4.56. The van der Waals surface area contributed by atoms with Crippen molar-refractivity contribution in [2.24, 2.45) is 12.8 Å². The van der Waals surface area contributed by atoms with Crippen LogP contribution < -0.4 is 5.73 Å². The SMILES string of the molecule is Cn1nc(C(N)c2ccc(Cl)cc2)c2ccccc21. The summed E-state index contributed by atoms with van der Waals surface area (Å²) >= 11 is 5.90. The van der Waals surface area contributed by atoms with Gasteiger partial charge in [0.05, 0.1) is 17.3 Å². The maximum atomic E-state index is 6.33. The molecule has 0 aliphatic rings. The molecule has 0 spiro atoms. The van der Waals surface area contributed by atoms with Crippen LogP contribution in [0.2, 0.25) is 5.02 Å². The predicted octanol–water partition coefficient (Wildman–Crippen LogP) is 3.27. The summed E-state index contributed by atoms with van der Waals surface area (Å²) in [7, 11) is 1.93. The first-order valence-corrected chi connectivity index (χ1v) is 6.47. The highest BCUT2D eigenvalue weighted by Crippen LogP contribution is 2.26. The van der Waals surface area contributed by atoms with Crippen LogP contribution >= 0.6 is 11.6 Å². The summed E-state index contributed by atoms with van der Waals surface area (Å²) in [6, 6.07) is 15.4. The molecular weight excluding hydrogens is 258 g/mol. The molecule has 0 aliphatic heterocycles. The first kappa shape index (κ1) is 12.2. The maximum Gasteiger partial charge on any atom is 0.0915 e. The Balaban J connectivity index is 2.11. The second kappa shape index (κ2) is 4.68. The predicted molar refractivity (Wildman–Crippen MR) is 78.2 cm³/mol. The number of aryl methyl sites for hydroxylation is 1. The molecule has 1 aromatic heterocycles. The molecule has 0 saturated heterocycles. The van der Waals surface area contributed by atoms with Crippen LogP contribution in [0.15, 0.2) is 48.5 Å². The molecule has 2 N–H and O–H groups in total. The third-order valence-corrected chi connectivity index (χ3v) is 3.56. The molecule has 0 radical (unpaired) electrons. The van der Waals surface area contributed by atoms with E-state index in [0.717, 1.165) is 22.2 Å². The van der Waals surface area contributed by atoms with Gasteiger partial charge in [0.1, 0.15) is 0 Å². The Morgan fingerprint density at radius 2 is 1.79 bits per heavy atom. The van der Waals surface area contributed by atoms with Gasteiger partial charge in [0, 0.05) is 17.5 Å². The molecule has 0 fully saturated rings. The lowest BCUT2D eigenvalue weighted by atomic mass is 10.0. The quantitative estimate of drug-likeness (QED) is 0.777. The van der Waals surface area contributed by atoms with Crippen LogP contribution in [0.25, 0.3) is 10.9 Å². The van der Waals surface area contributed by atoms with Crippen molar-refractivity contribution in [3.63, 3.8) is 0 Å². The average Bonchev–Trinajstić information content (AvgIpc) is 2.77. The smallest absolute Gasteiger partial charge is 0.0915 e. The number of fused-ring (bicyclic) bond motifs is 1. The number of nitrogens with zero attached hydrogens (tertiary/aromatic N) is 2. The molecule has 1 unspecified atom stereocenters. The lowest BCUT2D eigenvalue weighted by Gasteiger charge is -2.09. The third-order valence-electron chi connectivity index (χ3n) is 3.31. The highest BCUT2D eigenvalue weighted by atomic mass is 35.5. The van der Waals surface area contributed by atoms with Gasteiger partial charge in [-0.2, -0.15) is 5.10 Å². The normalized spacial score (nSPS) is 12.8. The van der Waals surface area contributed by atoms with Crippen molar-refractivity contribution in [2.75, 3.05) is 0 Å². The largest absolute Gasteiger partial charge is 0.319 e. The molecule has 2 aromatic carbocycles. The number of halogens is 1. The van der Waals surface area contributed by atoms with Crippen molar-refractivity contribution in [3.8, 4) is 0 Å². The third kappa shape index (κ3) is 2.11. The standard InChI is InChI=1S/C15H14ClN3/c1-19-13-5-3-2-4-12(13)15(18-19)14(17)10-6-8-11(16)9-7-10/h2-9,14H,17H2,1H3. The average molecular weight is 272 g/mol. The van der Waals surface area contributed by atoms with Crippen LogP contribution in [0.4, 0.5) is 0 Å². The first-order chi connectivity index (χ1) is 9.16. The lowest BCUT2D eigenvalue weighted by molar-refractivity contribution is 0.732. The van der Waals surface area contributed by atoms with E-state index in [-0.39, 0.29) is 6.04 Å². The van der Waals surface area contributed by atoms with Crippen molar-refractivity contribution in [1.29, 1.82) is 0 Å². The maximum absolute atomic E-state index is 6.33. The van der Waals surface area contributed by atoms with Gasteiger partial charge in [-0.1, -0.05) is 41.9 Å². The van der Waals surface area contributed by atoms with Gasteiger partial charge < -0.3 is 5.73 Å². The fourth-order valence-electron chi connectivity index (χ4n) is 2.30. The van der Waals surface area contributed by atoms with Crippen molar-refractivity contribution < 1.29 is 0 Å².